The first-order chi connectivity index (χ1) is 14.3. The van der Waals surface area contributed by atoms with Gasteiger partial charge in [0.2, 0.25) is 0 Å². The molecule has 0 amide bonds. The molecule has 0 aromatic heterocycles. The zero-order valence-corrected chi connectivity index (χ0v) is 20.9. The zero-order valence-electron chi connectivity index (χ0n) is 20.0. The minimum Gasteiger partial charge on any atom is -0.550 e. The van der Waals surface area contributed by atoms with Crippen LogP contribution in [-0.4, -0.2) is 17.9 Å². The first-order valence-corrected chi connectivity index (χ1v) is 11.9. The van der Waals surface area contributed by atoms with E-state index >= 15 is 0 Å². The summed E-state index contributed by atoms with van der Waals surface area (Å²) in [5.74, 6) is -2.76. The molecule has 0 atom stereocenters. The van der Waals surface area contributed by atoms with Crippen LogP contribution in [0.15, 0.2) is 0 Å². The van der Waals surface area contributed by atoms with Crippen LogP contribution >= 0.6 is 0 Å². The molecule has 0 aromatic carbocycles. The van der Waals surface area contributed by atoms with Crippen molar-refractivity contribution in [1.82, 2.24) is 0 Å². The Kier molecular flexibility index (Phi) is 40.3. The van der Waals surface area contributed by atoms with Crippen molar-refractivity contribution in [2.75, 3.05) is 0 Å². The van der Waals surface area contributed by atoms with E-state index < -0.39 is 17.9 Å². The first-order valence-electron chi connectivity index (χ1n) is 11.9. The Morgan fingerprint density at radius 3 is 0.774 bits per heavy atom. The van der Waals surface area contributed by atoms with E-state index in [1.165, 1.54) is 38.5 Å². The fraction of sp³-hybridized carbons (Fsp3) is 0.875. The quantitative estimate of drug-likeness (QED) is 0.214. The third-order valence-electron chi connectivity index (χ3n) is 4.45. The molecular formula is C24H45CuO6. The van der Waals surface area contributed by atoms with Crippen LogP contribution in [0.1, 0.15) is 136 Å². The van der Waals surface area contributed by atoms with Gasteiger partial charge in [-0.15, -0.1) is 0 Å². The zero-order chi connectivity index (χ0) is 23.5. The minimum absolute atomic E-state index is 0. The predicted molar refractivity (Wildman–Crippen MR) is 115 cm³/mol. The number of hydrogen-bond donors (Lipinski definition) is 0. The summed E-state index contributed by atoms with van der Waals surface area (Å²) in [4.78, 5) is 29.8. The van der Waals surface area contributed by atoms with Crippen molar-refractivity contribution in [3.05, 3.63) is 0 Å². The molecule has 0 heterocycles. The maximum Gasteiger partial charge on any atom is 3.00 e. The molecular weight excluding hydrogens is 448 g/mol. The summed E-state index contributed by atoms with van der Waals surface area (Å²) in [5.41, 5.74) is 0. The van der Waals surface area contributed by atoms with Crippen LogP contribution < -0.4 is 15.3 Å². The molecule has 0 N–H and O–H groups in total. The summed E-state index contributed by atoms with van der Waals surface area (Å²) in [6.45, 7) is 6.41. The number of unbranched alkanes of at least 4 members (excludes halogenated alkanes) is 12. The fourth-order valence-corrected chi connectivity index (χ4v) is 2.62. The van der Waals surface area contributed by atoms with Crippen LogP contribution in [0, 0.1) is 0 Å². The van der Waals surface area contributed by atoms with Gasteiger partial charge in [0.1, 0.15) is 0 Å². The molecule has 0 saturated carbocycles. The van der Waals surface area contributed by atoms with E-state index in [0.717, 1.165) is 57.8 Å². The monoisotopic (exact) mass is 492 g/mol. The van der Waals surface area contributed by atoms with Gasteiger partial charge in [-0.1, -0.05) is 97.8 Å². The number of carbonyl (C=O) groups excluding carboxylic acids is 3. The van der Waals surface area contributed by atoms with Gasteiger partial charge in [-0.2, -0.15) is 0 Å². The van der Waals surface area contributed by atoms with Gasteiger partial charge in [-0.3, -0.25) is 0 Å². The summed E-state index contributed by atoms with van der Waals surface area (Å²) >= 11 is 0. The van der Waals surface area contributed by atoms with Crippen molar-refractivity contribution in [1.29, 1.82) is 0 Å². The molecule has 0 rings (SSSR count). The Bertz CT molecular complexity index is 331. The summed E-state index contributed by atoms with van der Waals surface area (Å²) in [5, 5.41) is 29.8. The summed E-state index contributed by atoms with van der Waals surface area (Å²) in [6.07, 6.45) is 16.8. The van der Waals surface area contributed by atoms with Crippen LogP contribution in [0.5, 0.6) is 0 Å². The van der Waals surface area contributed by atoms with Gasteiger partial charge >= 0.3 is 17.1 Å². The van der Waals surface area contributed by atoms with Gasteiger partial charge in [0.15, 0.2) is 0 Å². The average molecular weight is 493 g/mol. The third-order valence-corrected chi connectivity index (χ3v) is 4.45. The second-order valence-electron chi connectivity index (χ2n) is 7.61. The Hall–Kier alpha value is -1.07. The number of hydrogen-bond acceptors (Lipinski definition) is 6. The van der Waals surface area contributed by atoms with Gasteiger partial charge in [0, 0.05) is 17.9 Å². The molecule has 31 heavy (non-hydrogen) atoms. The Morgan fingerprint density at radius 2 is 0.613 bits per heavy atom. The van der Waals surface area contributed by atoms with Crippen LogP contribution in [0.3, 0.4) is 0 Å². The maximum atomic E-state index is 9.92. The van der Waals surface area contributed by atoms with Crippen LogP contribution in [0.2, 0.25) is 0 Å². The van der Waals surface area contributed by atoms with E-state index in [1.54, 1.807) is 0 Å². The van der Waals surface area contributed by atoms with E-state index in [4.69, 9.17) is 0 Å². The molecule has 0 unspecified atom stereocenters. The molecule has 0 aliphatic heterocycles. The van der Waals surface area contributed by atoms with E-state index in [0.29, 0.717) is 0 Å². The SMILES string of the molecule is CCCCCCCC(=O)[O-].CCCCCCCC(=O)[O-].CCCCCCCC(=O)[O-].[Cu+3]. The summed E-state index contributed by atoms with van der Waals surface area (Å²) in [7, 11) is 0. The molecule has 188 valence electrons. The number of carboxylic acid groups (broad SMARTS) is 3. The van der Waals surface area contributed by atoms with E-state index in [9.17, 15) is 29.7 Å². The van der Waals surface area contributed by atoms with Gasteiger partial charge < -0.3 is 29.7 Å². The molecule has 0 bridgehead atoms. The minimum atomic E-state index is -0.920. The summed E-state index contributed by atoms with van der Waals surface area (Å²) < 4.78 is 0. The molecule has 0 aliphatic carbocycles. The van der Waals surface area contributed by atoms with Crippen LogP contribution in [-0.2, 0) is 31.5 Å². The van der Waals surface area contributed by atoms with Crippen molar-refractivity contribution in [3.63, 3.8) is 0 Å². The predicted octanol–water partition coefficient (Wildman–Crippen LogP) is 3.29. The molecule has 0 saturated heterocycles. The van der Waals surface area contributed by atoms with E-state index in [1.807, 2.05) is 0 Å². The van der Waals surface area contributed by atoms with Crippen molar-refractivity contribution in [2.24, 2.45) is 0 Å². The summed E-state index contributed by atoms with van der Waals surface area (Å²) in [6, 6.07) is 0. The van der Waals surface area contributed by atoms with Gasteiger partial charge in [-0.05, 0) is 38.5 Å². The largest absolute Gasteiger partial charge is 3.00 e. The average Bonchev–Trinajstić information content (AvgIpc) is 2.68. The first kappa shape index (κ1) is 37.3. The number of rotatable bonds is 18. The molecule has 7 heteroatoms. The normalized spacial score (nSPS) is 9.39. The smallest absolute Gasteiger partial charge is 0.550 e. The van der Waals surface area contributed by atoms with Crippen molar-refractivity contribution in [2.45, 2.75) is 136 Å². The molecule has 0 fully saturated rings. The Morgan fingerprint density at radius 1 is 0.419 bits per heavy atom. The van der Waals surface area contributed by atoms with E-state index in [-0.39, 0.29) is 36.3 Å². The molecule has 0 aromatic rings. The van der Waals surface area contributed by atoms with Crippen molar-refractivity contribution < 1.29 is 46.8 Å². The molecule has 0 spiro atoms. The van der Waals surface area contributed by atoms with Gasteiger partial charge in [-0.25, -0.2) is 0 Å². The molecule has 0 radical (unpaired) electrons. The van der Waals surface area contributed by atoms with E-state index in [2.05, 4.69) is 20.8 Å². The number of carboxylic acids is 3. The maximum absolute atomic E-state index is 9.92. The van der Waals surface area contributed by atoms with Gasteiger partial charge in [0.25, 0.3) is 0 Å². The topological polar surface area (TPSA) is 120 Å². The second kappa shape index (κ2) is 33.6. The standard InChI is InChI=1S/3C8H16O2.Cu/c3*1-2-3-4-5-6-7-8(9)10;/h3*2-7H2,1H3,(H,9,10);/q;;;+3/p-3. The Labute approximate surface area is 201 Å². The number of aliphatic carboxylic acids is 3. The van der Waals surface area contributed by atoms with Crippen LogP contribution in [0.4, 0.5) is 0 Å². The number of carbonyl (C=O) groups is 3. The fourth-order valence-electron chi connectivity index (χ4n) is 2.62. The molecule has 6 nitrogen and oxygen atoms in total. The third kappa shape index (κ3) is 52.8. The van der Waals surface area contributed by atoms with Crippen molar-refractivity contribution >= 4 is 17.9 Å². The van der Waals surface area contributed by atoms with Crippen molar-refractivity contribution in [3.8, 4) is 0 Å². The van der Waals surface area contributed by atoms with Crippen LogP contribution in [0.25, 0.3) is 0 Å². The Balaban J connectivity index is -0.000000174. The second-order valence-corrected chi connectivity index (χ2v) is 7.61. The van der Waals surface area contributed by atoms with Gasteiger partial charge in [0.05, 0.1) is 0 Å². The molecule has 0 aliphatic rings.